The number of primary amides is 1. The molecule has 56 valence electrons. The molecule has 1 rings (SSSR count). The molecule has 0 spiro atoms. The average Bonchev–Trinajstić information content (AvgIpc) is 2.10. The van der Waals surface area contributed by atoms with Gasteiger partial charge in [-0.15, -0.1) is 0 Å². The van der Waals surface area contributed by atoms with Gasteiger partial charge in [-0.05, 0) is 12.1 Å². The number of amides is 1. The van der Waals surface area contributed by atoms with Gasteiger partial charge < -0.3 is 5.73 Å². The maximum atomic E-state index is 10.4. The molecule has 0 saturated heterocycles. The zero-order valence-electron chi connectivity index (χ0n) is 5.90. The Morgan fingerprint density at radius 1 is 1.27 bits per heavy atom. The van der Waals surface area contributed by atoms with Crippen molar-refractivity contribution < 1.29 is 4.79 Å². The van der Waals surface area contributed by atoms with Crippen LogP contribution in [0, 0.1) is 11.8 Å². The van der Waals surface area contributed by atoms with Crippen molar-refractivity contribution in [2.45, 2.75) is 0 Å². The van der Waals surface area contributed by atoms with Crippen molar-refractivity contribution in [2.24, 2.45) is 5.73 Å². The van der Waals surface area contributed by atoms with E-state index < -0.39 is 0 Å². The number of rotatable bonds is 1. The molecule has 3 nitrogen and oxygen atoms in total. The summed E-state index contributed by atoms with van der Waals surface area (Å²) in [4.78, 5) is 10.4. The first-order valence-electron chi connectivity index (χ1n) is 2.91. The molecule has 0 aromatic heterocycles. The van der Waals surface area contributed by atoms with Gasteiger partial charge in [0.15, 0.2) is 0 Å². The van der Waals surface area contributed by atoms with Crippen molar-refractivity contribution in [3.8, 4) is 6.57 Å². The molecular formula is C8H8N2O. The summed E-state index contributed by atoms with van der Waals surface area (Å²) in [6.45, 7) is 3.50. The van der Waals surface area contributed by atoms with Crippen LogP contribution in [-0.2, 0) is 0 Å². The molecule has 0 aliphatic rings. The summed E-state index contributed by atoms with van der Waals surface area (Å²) in [6.07, 6.45) is 0. The molecule has 0 atom stereocenters. The minimum atomic E-state index is -0.379. The number of carbonyl (C=O) groups is 1. The van der Waals surface area contributed by atoms with E-state index >= 15 is 0 Å². The van der Waals surface area contributed by atoms with Gasteiger partial charge in [0.1, 0.15) is 0 Å². The summed E-state index contributed by atoms with van der Waals surface area (Å²) in [6, 6.07) is 8.76. The second-order valence-corrected chi connectivity index (χ2v) is 1.73. The predicted octanol–water partition coefficient (Wildman–Crippen LogP) is 0.925. The molecule has 3 heteroatoms. The lowest BCUT2D eigenvalue weighted by Crippen LogP contribution is -2.09. The molecular weight excluding hydrogens is 140 g/mol. The highest BCUT2D eigenvalue weighted by Gasteiger charge is 1.93. The van der Waals surface area contributed by atoms with E-state index in [0.29, 0.717) is 5.56 Å². The predicted molar refractivity (Wildman–Crippen MR) is 41.6 cm³/mol. The average molecular weight is 148 g/mol. The van der Waals surface area contributed by atoms with Gasteiger partial charge in [0.25, 0.3) is 0 Å². The quantitative estimate of drug-likeness (QED) is 0.643. The Bertz CT molecular complexity index is 241. The van der Waals surface area contributed by atoms with E-state index in [-0.39, 0.29) is 5.91 Å². The Hall–Kier alpha value is -1.82. The van der Waals surface area contributed by atoms with Gasteiger partial charge in [0.05, 0.1) is 0 Å². The molecule has 0 aliphatic heterocycles. The van der Waals surface area contributed by atoms with E-state index in [0.717, 1.165) is 0 Å². The standard InChI is InChI=1S/C7H7NO.CHN/c8-7(9)6-4-2-1-3-5-6;1-2/h1-5H,(H2,8,9);1H. The van der Waals surface area contributed by atoms with Crippen molar-refractivity contribution in [1.82, 2.24) is 0 Å². The summed E-state index contributed by atoms with van der Waals surface area (Å²) < 4.78 is 0. The topological polar surface area (TPSA) is 66.9 Å². The number of nitrogens with zero attached hydrogens (tertiary/aromatic N) is 1. The minimum Gasteiger partial charge on any atom is -0.366 e. The zero-order valence-corrected chi connectivity index (χ0v) is 5.90. The number of nitrogens with two attached hydrogens (primary N) is 1. The third-order valence-electron chi connectivity index (χ3n) is 1.06. The van der Waals surface area contributed by atoms with Crippen molar-refractivity contribution in [3.05, 3.63) is 35.9 Å². The Kier molecular flexibility index (Phi) is 4.18. The molecule has 1 amide bonds. The van der Waals surface area contributed by atoms with Crippen LogP contribution in [0.5, 0.6) is 0 Å². The second kappa shape index (κ2) is 5.00. The maximum absolute atomic E-state index is 10.4. The highest BCUT2D eigenvalue weighted by molar-refractivity contribution is 5.92. The lowest BCUT2D eigenvalue weighted by atomic mass is 10.2. The van der Waals surface area contributed by atoms with E-state index in [2.05, 4.69) is 6.57 Å². The number of nitriles is 1. The molecule has 0 radical (unpaired) electrons. The van der Waals surface area contributed by atoms with E-state index in [4.69, 9.17) is 11.0 Å². The normalized spacial score (nSPS) is 7.45. The SMILES string of the molecule is C#N.NC(=O)c1ccccc1. The number of hydrogen-bond donors (Lipinski definition) is 1. The van der Waals surface area contributed by atoms with E-state index in [1.54, 1.807) is 24.3 Å². The molecule has 0 saturated carbocycles. The summed E-state index contributed by atoms with van der Waals surface area (Å²) in [5.41, 5.74) is 5.53. The molecule has 1 aromatic carbocycles. The molecule has 0 unspecified atom stereocenters. The number of hydrogen-bond acceptors (Lipinski definition) is 2. The first-order chi connectivity index (χ1) is 5.30. The minimum absolute atomic E-state index is 0.379. The van der Waals surface area contributed by atoms with Crippen LogP contribution < -0.4 is 5.73 Å². The molecule has 1 aromatic rings. The largest absolute Gasteiger partial charge is 0.366 e. The zero-order chi connectivity index (χ0) is 8.69. The number of benzene rings is 1. The first kappa shape index (κ1) is 9.18. The van der Waals surface area contributed by atoms with Crippen LogP contribution in [0.1, 0.15) is 10.4 Å². The third-order valence-corrected chi connectivity index (χ3v) is 1.06. The van der Waals surface area contributed by atoms with Crippen molar-refractivity contribution in [3.63, 3.8) is 0 Å². The summed E-state index contributed by atoms with van der Waals surface area (Å²) in [5.74, 6) is -0.379. The summed E-state index contributed by atoms with van der Waals surface area (Å²) >= 11 is 0. The van der Waals surface area contributed by atoms with Crippen LogP contribution in [0.15, 0.2) is 30.3 Å². The van der Waals surface area contributed by atoms with Crippen molar-refractivity contribution >= 4 is 5.91 Å². The van der Waals surface area contributed by atoms with Crippen molar-refractivity contribution in [2.75, 3.05) is 0 Å². The van der Waals surface area contributed by atoms with Crippen LogP contribution in [0.4, 0.5) is 0 Å². The molecule has 11 heavy (non-hydrogen) atoms. The third kappa shape index (κ3) is 3.01. The van der Waals surface area contributed by atoms with Gasteiger partial charge in [0.2, 0.25) is 5.91 Å². The van der Waals surface area contributed by atoms with Crippen LogP contribution in [0.3, 0.4) is 0 Å². The van der Waals surface area contributed by atoms with Crippen LogP contribution in [-0.4, -0.2) is 5.91 Å². The van der Waals surface area contributed by atoms with Gasteiger partial charge in [-0.3, -0.25) is 4.79 Å². The monoisotopic (exact) mass is 148 g/mol. The van der Waals surface area contributed by atoms with Gasteiger partial charge in [-0.2, -0.15) is 0 Å². The molecule has 0 heterocycles. The van der Waals surface area contributed by atoms with Crippen molar-refractivity contribution in [1.29, 1.82) is 5.26 Å². The number of carbonyl (C=O) groups excluding carboxylic acids is 1. The Balaban J connectivity index is 0.000000461. The maximum Gasteiger partial charge on any atom is 0.248 e. The highest BCUT2D eigenvalue weighted by atomic mass is 16.1. The molecule has 2 N–H and O–H groups in total. The fourth-order valence-corrected chi connectivity index (χ4v) is 0.602. The second-order valence-electron chi connectivity index (χ2n) is 1.73. The Morgan fingerprint density at radius 2 is 1.73 bits per heavy atom. The molecule has 0 aliphatic carbocycles. The highest BCUT2D eigenvalue weighted by Crippen LogP contribution is 1.94. The van der Waals surface area contributed by atoms with Gasteiger partial charge >= 0.3 is 0 Å². The van der Waals surface area contributed by atoms with Crippen LogP contribution in [0.25, 0.3) is 0 Å². The van der Waals surface area contributed by atoms with Gasteiger partial charge in [-0.25, -0.2) is 5.26 Å². The lowest BCUT2D eigenvalue weighted by molar-refractivity contribution is 0.100. The van der Waals surface area contributed by atoms with Crippen LogP contribution in [0.2, 0.25) is 0 Å². The fourth-order valence-electron chi connectivity index (χ4n) is 0.602. The van der Waals surface area contributed by atoms with E-state index in [9.17, 15) is 4.79 Å². The summed E-state index contributed by atoms with van der Waals surface area (Å²) in [5, 5.41) is 6.50. The van der Waals surface area contributed by atoms with E-state index in [1.807, 2.05) is 6.07 Å². The van der Waals surface area contributed by atoms with Gasteiger partial charge in [-0.1, -0.05) is 18.2 Å². The van der Waals surface area contributed by atoms with Gasteiger partial charge in [0, 0.05) is 12.1 Å². The Labute approximate surface area is 65.1 Å². The first-order valence-corrected chi connectivity index (χ1v) is 2.91. The summed E-state index contributed by atoms with van der Waals surface area (Å²) in [7, 11) is 0. The molecule has 0 bridgehead atoms. The Morgan fingerprint density at radius 3 is 2.00 bits per heavy atom. The van der Waals surface area contributed by atoms with E-state index in [1.165, 1.54) is 0 Å². The smallest absolute Gasteiger partial charge is 0.248 e. The molecule has 0 fully saturated rings. The lowest BCUT2D eigenvalue weighted by Gasteiger charge is -1.89. The fraction of sp³-hybridized carbons (Fsp3) is 0. The van der Waals surface area contributed by atoms with Crippen LogP contribution >= 0.6 is 0 Å².